The zero-order valence-corrected chi connectivity index (χ0v) is 11.3. The molecule has 0 N–H and O–H groups in total. The Morgan fingerprint density at radius 1 is 1.28 bits per heavy atom. The predicted octanol–water partition coefficient (Wildman–Crippen LogP) is 0.346. The first kappa shape index (κ1) is 13.8. The van der Waals surface area contributed by atoms with Gasteiger partial charge in [0.1, 0.15) is 0 Å². The van der Waals surface area contributed by atoms with Crippen LogP contribution in [0.4, 0.5) is 0 Å². The molecule has 0 saturated carbocycles. The molecule has 2 rings (SSSR count). The molecule has 2 saturated heterocycles. The second-order valence-corrected chi connectivity index (χ2v) is 5.10. The van der Waals surface area contributed by atoms with Crippen molar-refractivity contribution < 1.29 is 14.3 Å². The summed E-state index contributed by atoms with van der Waals surface area (Å²) in [5.74, 6) is -0.114. The van der Waals surface area contributed by atoms with E-state index in [1.54, 1.807) is 0 Å². The van der Waals surface area contributed by atoms with Gasteiger partial charge in [-0.05, 0) is 12.8 Å². The Hall–Kier alpha value is -0.650. The lowest BCUT2D eigenvalue weighted by Gasteiger charge is -2.35. The van der Waals surface area contributed by atoms with Gasteiger partial charge in [0.05, 0.1) is 19.6 Å². The molecule has 18 heavy (non-hydrogen) atoms. The lowest BCUT2D eigenvalue weighted by Crippen LogP contribution is -2.48. The molecule has 2 fully saturated rings. The molecule has 0 spiro atoms. The van der Waals surface area contributed by atoms with E-state index in [2.05, 4.69) is 14.5 Å². The molecule has 2 aliphatic heterocycles. The van der Waals surface area contributed by atoms with Crippen LogP contribution in [0, 0.1) is 0 Å². The number of carbonyl (C=O) groups is 1. The quantitative estimate of drug-likeness (QED) is 0.664. The topological polar surface area (TPSA) is 42.0 Å². The van der Waals surface area contributed by atoms with E-state index in [4.69, 9.17) is 4.74 Å². The van der Waals surface area contributed by atoms with Crippen molar-refractivity contribution in [2.24, 2.45) is 0 Å². The Labute approximate surface area is 109 Å². The summed E-state index contributed by atoms with van der Waals surface area (Å²) in [7, 11) is 1.45. The smallest absolute Gasteiger partial charge is 0.306 e. The maximum absolute atomic E-state index is 11.1. The third kappa shape index (κ3) is 4.23. The van der Waals surface area contributed by atoms with Crippen LogP contribution in [0.1, 0.15) is 19.3 Å². The Balaban J connectivity index is 1.60. The molecule has 0 aliphatic carbocycles. The highest BCUT2D eigenvalue weighted by Crippen LogP contribution is 2.14. The number of esters is 1. The summed E-state index contributed by atoms with van der Waals surface area (Å²) in [6.07, 6.45) is 3.38. The molecule has 2 aliphatic rings. The Morgan fingerprint density at radius 2 is 2.00 bits per heavy atom. The van der Waals surface area contributed by atoms with Gasteiger partial charge in [0.25, 0.3) is 0 Å². The van der Waals surface area contributed by atoms with Crippen molar-refractivity contribution in [3.63, 3.8) is 0 Å². The van der Waals surface area contributed by atoms with Crippen LogP contribution >= 0.6 is 0 Å². The van der Waals surface area contributed by atoms with Crippen molar-refractivity contribution in [2.45, 2.75) is 25.4 Å². The van der Waals surface area contributed by atoms with E-state index in [1.165, 1.54) is 20.0 Å². The third-order valence-electron chi connectivity index (χ3n) is 3.81. The molecule has 0 bridgehead atoms. The molecular weight excluding hydrogens is 232 g/mol. The summed E-state index contributed by atoms with van der Waals surface area (Å²) in [6, 6.07) is 0. The zero-order valence-electron chi connectivity index (χ0n) is 11.3. The average Bonchev–Trinajstić information content (AvgIpc) is 2.90. The van der Waals surface area contributed by atoms with E-state index in [9.17, 15) is 4.79 Å². The number of methoxy groups -OCH3 is 1. The molecule has 0 radical (unpaired) electrons. The molecule has 2 heterocycles. The van der Waals surface area contributed by atoms with Gasteiger partial charge in [-0.1, -0.05) is 0 Å². The molecule has 5 heteroatoms. The van der Waals surface area contributed by atoms with E-state index < -0.39 is 0 Å². The number of hydrogen-bond acceptors (Lipinski definition) is 5. The Morgan fingerprint density at radius 3 is 2.61 bits per heavy atom. The van der Waals surface area contributed by atoms with Gasteiger partial charge in [-0.3, -0.25) is 9.69 Å². The minimum atomic E-state index is -0.114. The largest absolute Gasteiger partial charge is 0.469 e. The van der Waals surface area contributed by atoms with Crippen LogP contribution in [0.25, 0.3) is 0 Å². The maximum atomic E-state index is 11.1. The van der Waals surface area contributed by atoms with Crippen molar-refractivity contribution in [2.75, 3.05) is 53.0 Å². The number of nitrogens with zero attached hydrogens (tertiary/aromatic N) is 2. The van der Waals surface area contributed by atoms with Crippen molar-refractivity contribution >= 4 is 5.97 Å². The van der Waals surface area contributed by atoms with Gasteiger partial charge in [0.2, 0.25) is 0 Å². The molecule has 0 aromatic heterocycles. The highest BCUT2D eigenvalue weighted by molar-refractivity contribution is 5.69. The summed E-state index contributed by atoms with van der Waals surface area (Å²) < 4.78 is 10.3. The standard InChI is InChI=1S/C13H24N2O3/c1-17-13(16)4-5-14-6-8-15(9-7-14)11-12-3-2-10-18-12/h12H,2-11H2,1H3. The Bertz CT molecular complexity index is 259. The van der Waals surface area contributed by atoms with Crippen LogP contribution in [0.5, 0.6) is 0 Å². The molecule has 0 amide bonds. The second kappa shape index (κ2) is 7.07. The zero-order chi connectivity index (χ0) is 12.8. The van der Waals surface area contributed by atoms with Crippen molar-refractivity contribution in [3.8, 4) is 0 Å². The monoisotopic (exact) mass is 256 g/mol. The molecule has 0 aromatic carbocycles. The number of ether oxygens (including phenoxy) is 2. The van der Waals surface area contributed by atoms with Gasteiger partial charge in [0, 0.05) is 45.9 Å². The fourth-order valence-corrected chi connectivity index (χ4v) is 2.62. The summed E-state index contributed by atoms with van der Waals surface area (Å²) in [4.78, 5) is 15.9. The lowest BCUT2D eigenvalue weighted by atomic mass is 10.2. The second-order valence-electron chi connectivity index (χ2n) is 5.10. The SMILES string of the molecule is COC(=O)CCN1CCN(CC2CCCO2)CC1. The van der Waals surface area contributed by atoms with E-state index in [1.807, 2.05) is 0 Å². The first-order chi connectivity index (χ1) is 8.78. The number of rotatable bonds is 5. The lowest BCUT2D eigenvalue weighted by molar-refractivity contribution is -0.141. The highest BCUT2D eigenvalue weighted by Gasteiger charge is 2.22. The van der Waals surface area contributed by atoms with Crippen LogP contribution in [0.3, 0.4) is 0 Å². The van der Waals surface area contributed by atoms with Crippen LogP contribution in [0.15, 0.2) is 0 Å². The number of hydrogen-bond donors (Lipinski definition) is 0. The number of carbonyl (C=O) groups excluding carboxylic acids is 1. The predicted molar refractivity (Wildman–Crippen MR) is 68.5 cm³/mol. The minimum Gasteiger partial charge on any atom is -0.469 e. The van der Waals surface area contributed by atoms with E-state index in [0.29, 0.717) is 12.5 Å². The van der Waals surface area contributed by atoms with Crippen LogP contribution in [-0.4, -0.2) is 74.9 Å². The maximum Gasteiger partial charge on any atom is 0.306 e. The summed E-state index contributed by atoms with van der Waals surface area (Å²) in [5.41, 5.74) is 0. The molecule has 1 unspecified atom stereocenters. The molecular formula is C13H24N2O3. The van der Waals surface area contributed by atoms with Gasteiger partial charge in [-0.2, -0.15) is 0 Å². The summed E-state index contributed by atoms with van der Waals surface area (Å²) in [6.45, 7) is 7.09. The molecule has 0 aromatic rings. The summed E-state index contributed by atoms with van der Waals surface area (Å²) >= 11 is 0. The first-order valence-corrected chi connectivity index (χ1v) is 6.91. The first-order valence-electron chi connectivity index (χ1n) is 6.91. The highest BCUT2D eigenvalue weighted by atomic mass is 16.5. The molecule has 1 atom stereocenters. The van der Waals surface area contributed by atoms with E-state index >= 15 is 0 Å². The summed E-state index contributed by atoms with van der Waals surface area (Å²) in [5, 5.41) is 0. The van der Waals surface area contributed by atoms with E-state index in [-0.39, 0.29) is 5.97 Å². The van der Waals surface area contributed by atoms with Crippen molar-refractivity contribution in [1.82, 2.24) is 9.80 Å². The normalized spacial score (nSPS) is 26.4. The third-order valence-corrected chi connectivity index (χ3v) is 3.81. The minimum absolute atomic E-state index is 0.114. The van der Waals surface area contributed by atoms with Crippen molar-refractivity contribution in [3.05, 3.63) is 0 Å². The number of piperazine rings is 1. The van der Waals surface area contributed by atoms with Gasteiger partial charge in [-0.15, -0.1) is 0 Å². The average molecular weight is 256 g/mol. The van der Waals surface area contributed by atoms with Crippen LogP contribution in [-0.2, 0) is 14.3 Å². The van der Waals surface area contributed by atoms with Gasteiger partial charge in [0.15, 0.2) is 0 Å². The van der Waals surface area contributed by atoms with Gasteiger partial charge >= 0.3 is 5.97 Å². The molecule has 5 nitrogen and oxygen atoms in total. The fourth-order valence-electron chi connectivity index (χ4n) is 2.62. The van der Waals surface area contributed by atoms with Gasteiger partial charge < -0.3 is 14.4 Å². The Kier molecular flexibility index (Phi) is 5.41. The fraction of sp³-hybridized carbons (Fsp3) is 0.923. The van der Waals surface area contributed by atoms with Crippen LogP contribution < -0.4 is 0 Å². The molecule has 104 valence electrons. The van der Waals surface area contributed by atoms with Crippen LogP contribution in [0.2, 0.25) is 0 Å². The van der Waals surface area contributed by atoms with E-state index in [0.717, 1.165) is 45.9 Å². The van der Waals surface area contributed by atoms with Crippen molar-refractivity contribution in [1.29, 1.82) is 0 Å². The van der Waals surface area contributed by atoms with Gasteiger partial charge in [-0.25, -0.2) is 0 Å².